The van der Waals surface area contributed by atoms with Crippen molar-refractivity contribution in [3.63, 3.8) is 0 Å². The van der Waals surface area contributed by atoms with Gasteiger partial charge in [0.25, 0.3) is 5.56 Å². The number of hydrogen-bond donors (Lipinski definition) is 1. The molecule has 0 aliphatic carbocycles. The molecule has 0 amide bonds. The topological polar surface area (TPSA) is 55.0 Å². The van der Waals surface area contributed by atoms with Gasteiger partial charge in [0.1, 0.15) is 10.4 Å². The quantitative estimate of drug-likeness (QED) is 0.764. The number of hydrogen-bond acceptors (Lipinski definition) is 4. The molecule has 1 aliphatic rings. The molecule has 1 atom stereocenters. The van der Waals surface area contributed by atoms with Crippen LogP contribution in [-0.4, -0.2) is 16.6 Å². The maximum absolute atomic E-state index is 12.7. The highest BCUT2D eigenvalue weighted by atomic mass is 32.1. The van der Waals surface area contributed by atoms with Crippen LogP contribution in [0.2, 0.25) is 0 Å². The van der Waals surface area contributed by atoms with Crippen LogP contribution in [0, 0.1) is 0 Å². The monoisotopic (exact) mass is 340 g/mol. The van der Waals surface area contributed by atoms with Crippen molar-refractivity contribution in [1.29, 1.82) is 0 Å². The Morgan fingerprint density at radius 2 is 2.17 bits per heavy atom. The van der Waals surface area contributed by atoms with Gasteiger partial charge in [0.05, 0.1) is 11.5 Å². The lowest BCUT2D eigenvalue weighted by Crippen LogP contribution is -2.13. The molecule has 0 spiro atoms. The van der Waals surface area contributed by atoms with Crippen LogP contribution in [-0.2, 0) is 6.42 Å². The van der Waals surface area contributed by atoms with Crippen molar-refractivity contribution in [1.82, 2.24) is 9.97 Å². The number of ether oxygens (including phenoxy) is 1. The SMILES string of the molecule is CCC(C)c1[nH]c(=O)c2sc(-c3ccncc3)c3c2c1CCCO3. The van der Waals surface area contributed by atoms with E-state index in [1.165, 1.54) is 16.9 Å². The zero-order valence-electron chi connectivity index (χ0n) is 13.9. The molecule has 0 saturated carbocycles. The lowest BCUT2D eigenvalue weighted by atomic mass is 9.94. The molecule has 1 aliphatic heterocycles. The molecule has 1 N–H and O–H groups in total. The van der Waals surface area contributed by atoms with E-state index in [2.05, 4.69) is 23.8 Å². The first-order valence-corrected chi connectivity index (χ1v) is 9.27. The third kappa shape index (κ3) is 2.35. The van der Waals surface area contributed by atoms with Crippen molar-refractivity contribution >= 4 is 21.4 Å². The van der Waals surface area contributed by atoms with E-state index in [-0.39, 0.29) is 5.56 Å². The van der Waals surface area contributed by atoms with Crippen LogP contribution in [0.25, 0.3) is 20.5 Å². The summed E-state index contributed by atoms with van der Waals surface area (Å²) in [4.78, 5) is 21.0. The number of aromatic amines is 1. The summed E-state index contributed by atoms with van der Waals surface area (Å²) in [6.07, 6.45) is 6.48. The smallest absolute Gasteiger partial charge is 0.266 e. The van der Waals surface area contributed by atoms with E-state index >= 15 is 0 Å². The van der Waals surface area contributed by atoms with Crippen molar-refractivity contribution < 1.29 is 4.74 Å². The minimum absolute atomic E-state index is 0.00102. The van der Waals surface area contributed by atoms with Gasteiger partial charge < -0.3 is 9.72 Å². The molecule has 0 fully saturated rings. The fraction of sp³-hybridized carbons (Fsp3) is 0.368. The number of rotatable bonds is 3. The second-order valence-electron chi connectivity index (χ2n) is 6.31. The summed E-state index contributed by atoms with van der Waals surface area (Å²) in [7, 11) is 0. The van der Waals surface area contributed by atoms with Crippen molar-refractivity contribution in [3.8, 4) is 16.2 Å². The lowest BCUT2D eigenvalue weighted by Gasteiger charge is -2.14. The van der Waals surface area contributed by atoms with Gasteiger partial charge in [-0.15, -0.1) is 11.3 Å². The van der Waals surface area contributed by atoms with Crippen LogP contribution in [0.5, 0.6) is 5.75 Å². The number of thiophene rings is 1. The number of nitrogens with zero attached hydrogens (tertiary/aromatic N) is 1. The largest absolute Gasteiger partial charge is 0.491 e. The van der Waals surface area contributed by atoms with Crippen molar-refractivity contribution in [2.75, 3.05) is 6.61 Å². The summed E-state index contributed by atoms with van der Waals surface area (Å²) in [6, 6.07) is 3.94. The first-order valence-electron chi connectivity index (χ1n) is 8.45. The minimum Gasteiger partial charge on any atom is -0.491 e. The maximum atomic E-state index is 12.7. The molecule has 0 saturated heterocycles. The number of aryl methyl sites for hydroxylation is 1. The van der Waals surface area contributed by atoms with E-state index in [9.17, 15) is 4.79 Å². The Bertz CT molecular complexity index is 943. The van der Waals surface area contributed by atoms with Gasteiger partial charge in [0.2, 0.25) is 0 Å². The Balaban J connectivity index is 2.07. The number of aromatic nitrogens is 2. The zero-order chi connectivity index (χ0) is 16.7. The van der Waals surface area contributed by atoms with Crippen LogP contribution >= 0.6 is 11.3 Å². The van der Waals surface area contributed by atoms with Crippen LogP contribution in [0.1, 0.15) is 43.9 Å². The van der Waals surface area contributed by atoms with Crippen LogP contribution in [0.15, 0.2) is 29.3 Å². The lowest BCUT2D eigenvalue weighted by molar-refractivity contribution is 0.321. The first-order chi connectivity index (χ1) is 11.7. The third-order valence-corrected chi connectivity index (χ3v) is 6.03. The van der Waals surface area contributed by atoms with E-state index in [4.69, 9.17) is 4.74 Å². The Kier molecular flexibility index (Phi) is 3.88. The number of pyridine rings is 2. The highest BCUT2D eigenvalue weighted by Crippen LogP contribution is 2.46. The van der Waals surface area contributed by atoms with Gasteiger partial charge in [-0.25, -0.2) is 0 Å². The fourth-order valence-corrected chi connectivity index (χ4v) is 4.55. The molecule has 4 nitrogen and oxygen atoms in total. The molecule has 124 valence electrons. The maximum Gasteiger partial charge on any atom is 0.266 e. The van der Waals surface area contributed by atoms with E-state index in [0.29, 0.717) is 12.5 Å². The summed E-state index contributed by atoms with van der Waals surface area (Å²) >= 11 is 1.52. The van der Waals surface area contributed by atoms with Gasteiger partial charge in [0.15, 0.2) is 0 Å². The number of H-pyrrole nitrogens is 1. The summed E-state index contributed by atoms with van der Waals surface area (Å²) in [5.74, 6) is 1.22. The highest BCUT2D eigenvalue weighted by Gasteiger charge is 2.26. The predicted molar refractivity (Wildman–Crippen MR) is 98.2 cm³/mol. The Hall–Kier alpha value is -2.14. The summed E-state index contributed by atoms with van der Waals surface area (Å²) in [6.45, 7) is 5.02. The molecule has 3 aromatic heterocycles. The van der Waals surface area contributed by atoms with Gasteiger partial charge in [-0.1, -0.05) is 13.8 Å². The van der Waals surface area contributed by atoms with E-state index in [1.54, 1.807) is 12.4 Å². The molecule has 4 rings (SSSR count). The normalized spacial score (nSPS) is 15.1. The van der Waals surface area contributed by atoms with Crippen LogP contribution in [0.3, 0.4) is 0 Å². The molecular weight excluding hydrogens is 320 g/mol. The molecule has 1 unspecified atom stereocenters. The van der Waals surface area contributed by atoms with E-state index < -0.39 is 0 Å². The molecule has 24 heavy (non-hydrogen) atoms. The van der Waals surface area contributed by atoms with Crippen LogP contribution < -0.4 is 10.3 Å². The average Bonchev–Trinajstić information content (AvgIpc) is 2.87. The van der Waals surface area contributed by atoms with Crippen molar-refractivity contribution in [2.45, 2.75) is 39.0 Å². The molecule has 0 aromatic carbocycles. The zero-order valence-corrected chi connectivity index (χ0v) is 14.7. The minimum atomic E-state index is 0.00102. The average molecular weight is 340 g/mol. The van der Waals surface area contributed by atoms with Gasteiger partial charge in [-0.3, -0.25) is 9.78 Å². The van der Waals surface area contributed by atoms with Gasteiger partial charge in [-0.05, 0) is 48.4 Å². The predicted octanol–water partition coefficient (Wildman–Crippen LogP) is 4.49. The van der Waals surface area contributed by atoms with E-state index in [1.807, 2.05) is 12.1 Å². The van der Waals surface area contributed by atoms with Crippen molar-refractivity contribution in [3.05, 3.63) is 46.1 Å². The second-order valence-corrected chi connectivity index (χ2v) is 7.33. The van der Waals surface area contributed by atoms with Gasteiger partial charge in [0, 0.05) is 23.5 Å². The molecule has 0 radical (unpaired) electrons. The second kappa shape index (κ2) is 6.06. The molecule has 5 heteroatoms. The number of nitrogens with one attached hydrogen (secondary N) is 1. The first kappa shape index (κ1) is 15.4. The Morgan fingerprint density at radius 3 is 2.92 bits per heavy atom. The fourth-order valence-electron chi connectivity index (χ4n) is 3.38. The molecular formula is C19H20N2O2S. The molecule has 4 heterocycles. The standard InChI is InChI=1S/C19H20N2O2S/c1-3-11(2)15-13-5-4-10-23-16-14(13)18(19(22)21-15)24-17(16)12-6-8-20-9-7-12/h6-9,11H,3-5,10H2,1-2H3,(H,21,22). The van der Waals surface area contributed by atoms with E-state index in [0.717, 1.165) is 51.2 Å². The van der Waals surface area contributed by atoms with Gasteiger partial charge >= 0.3 is 0 Å². The molecule has 3 aromatic rings. The summed E-state index contributed by atoms with van der Waals surface area (Å²) in [5, 5.41) is 1.03. The summed E-state index contributed by atoms with van der Waals surface area (Å²) in [5.41, 5.74) is 3.41. The van der Waals surface area contributed by atoms with Gasteiger partial charge in [-0.2, -0.15) is 0 Å². The highest BCUT2D eigenvalue weighted by molar-refractivity contribution is 7.22. The summed E-state index contributed by atoms with van der Waals surface area (Å²) < 4.78 is 6.89. The van der Waals surface area contributed by atoms with Crippen molar-refractivity contribution in [2.24, 2.45) is 0 Å². The Morgan fingerprint density at radius 1 is 1.38 bits per heavy atom. The Labute approximate surface area is 144 Å². The molecule has 0 bridgehead atoms. The van der Waals surface area contributed by atoms with Crippen LogP contribution in [0.4, 0.5) is 0 Å². The third-order valence-electron chi connectivity index (χ3n) is 4.81.